The lowest BCUT2D eigenvalue weighted by molar-refractivity contribution is 0.242. The zero-order valence-electron chi connectivity index (χ0n) is 10.9. The van der Waals surface area contributed by atoms with E-state index in [0.29, 0.717) is 0 Å². The first-order chi connectivity index (χ1) is 9.22. The van der Waals surface area contributed by atoms with Gasteiger partial charge in [-0.15, -0.1) is 0 Å². The topological polar surface area (TPSA) is 39.4 Å². The molecule has 4 nitrogen and oxygen atoms in total. The summed E-state index contributed by atoms with van der Waals surface area (Å²) in [5.41, 5.74) is 2.82. The van der Waals surface area contributed by atoms with Crippen molar-refractivity contribution < 1.29 is 4.74 Å². The Labute approximate surface area is 111 Å². The standard InChI is InChI=1S/C15H14N3O/c1-11(2)19-14-5-3-12(4-6-14)13-9-16-15-7-8-17-18(15)10-13/h3-6,8-11H,1-2H3. The number of hydrogen-bond donors (Lipinski definition) is 0. The second-order valence-corrected chi connectivity index (χ2v) is 4.59. The Morgan fingerprint density at radius 3 is 2.68 bits per heavy atom. The van der Waals surface area contributed by atoms with Crippen molar-refractivity contribution in [2.75, 3.05) is 0 Å². The first kappa shape index (κ1) is 11.7. The molecule has 0 fully saturated rings. The van der Waals surface area contributed by atoms with Crippen LogP contribution in [0.25, 0.3) is 16.8 Å². The Balaban J connectivity index is 1.92. The van der Waals surface area contributed by atoms with Gasteiger partial charge in [-0.1, -0.05) is 12.1 Å². The molecule has 0 bridgehead atoms. The van der Waals surface area contributed by atoms with Crippen molar-refractivity contribution in [3.8, 4) is 16.9 Å². The van der Waals surface area contributed by atoms with E-state index in [1.807, 2.05) is 50.5 Å². The van der Waals surface area contributed by atoms with E-state index in [0.717, 1.165) is 22.5 Å². The lowest BCUT2D eigenvalue weighted by atomic mass is 10.1. The highest BCUT2D eigenvalue weighted by Gasteiger charge is 2.03. The second kappa shape index (κ2) is 4.72. The fourth-order valence-electron chi connectivity index (χ4n) is 1.90. The van der Waals surface area contributed by atoms with Gasteiger partial charge in [-0.2, -0.15) is 5.10 Å². The average molecular weight is 252 g/mol. The molecule has 2 aromatic heterocycles. The fraction of sp³-hybridized carbons (Fsp3) is 0.200. The van der Waals surface area contributed by atoms with Crippen molar-refractivity contribution in [3.63, 3.8) is 0 Å². The Morgan fingerprint density at radius 1 is 1.16 bits per heavy atom. The third-order valence-electron chi connectivity index (χ3n) is 2.74. The first-order valence-electron chi connectivity index (χ1n) is 6.20. The predicted octanol–water partition coefficient (Wildman–Crippen LogP) is 2.98. The normalized spacial score (nSPS) is 11.1. The van der Waals surface area contributed by atoms with E-state index in [-0.39, 0.29) is 6.10 Å². The largest absolute Gasteiger partial charge is 0.491 e. The third kappa shape index (κ3) is 2.42. The maximum atomic E-state index is 5.62. The second-order valence-electron chi connectivity index (χ2n) is 4.59. The highest BCUT2D eigenvalue weighted by Crippen LogP contribution is 2.22. The van der Waals surface area contributed by atoms with Crippen LogP contribution in [-0.4, -0.2) is 20.7 Å². The lowest BCUT2D eigenvalue weighted by Crippen LogP contribution is -2.05. The molecule has 3 aromatic rings. The molecule has 0 saturated heterocycles. The average Bonchev–Trinajstić information content (AvgIpc) is 2.86. The van der Waals surface area contributed by atoms with Gasteiger partial charge in [0.15, 0.2) is 5.65 Å². The summed E-state index contributed by atoms with van der Waals surface area (Å²) in [7, 11) is 0. The minimum atomic E-state index is 0.184. The highest BCUT2D eigenvalue weighted by atomic mass is 16.5. The number of hydrogen-bond acceptors (Lipinski definition) is 3. The van der Waals surface area contributed by atoms with Crippen LogP contribution in [-0.2, 0) is 0 Å². The highest BCUT2D eigenvalue weighted by molar-refractivity contribution is 5.63. The quantitative estimate of drug-likeness (QED) is 0.719. The SMILES string of the molecule is CC(C)Oc1ccc(-c2cnc3[c]cnn3c2)cc1. The van der Waals surface area contributed by atoms with Crippen LogP contribution in [0, 0.1) is 6.07 Å². The van der Waals surface area contributed by atoms with Gasteiger partial charge in [0.05, 0.1) is 18.4 Å². The molecule has 4 heteroatoms. The maximum Gasteiger partial charge on any atom is 0.163 e. The number of benzene rings is 1. The molecular weight excluding hydrogens is 238 g/mol. The molecule has 19 heavy (non-hydrogen) atoms. The van der Waals surface area contributed by atoms with Crippen molar-refractivity contribution in [1.82, 2.24) is 14.6 Å². The Kier molecular flexibility index (Phi) is 2.91. The van der Waals surface area contributed by atoms with Crippen LogP contribution in [0.4, 0.5) is 0 Å². The Bertz CT molecular complexity index is 686. The smallest absolute Gasteiger partial charge is 0.163 e. The molecule has 95 valence electrons. The van der Waals surface area contributed by atoms with E-state index in [1.165, 1.54) is 0 Å². The summed E-state index contributed by atoms with van der Waals surface area (Å²) in [5.74, 6) is 0.875. The van der Waals surface area contributed by atoms with Crippen LogP contribution in [0.15, 0.2) is 42.9 Å². The summed E-state index contributed by atoms with van der Waals surface area (Å²) in [6.07, 6.45) is 5.57. The van der Waals surface area contributed by atoms with Gasteiger partial charge in [0, 0.05) is 18.0 Å². The van der Waals surface area contributed by atoms with Crippen molar-refractivity contribution >= 4 is 5.65 Å². The molecule has 0 unspecified atom stereocenters. The lowest BCUT2D eigenvalue weighted by Gasteiger charge is -2.10. The van der Waals surface area contributed by atoms with Gasteiger partial charge >= 0.3 is 0 Å². The molecule has 3 rings (SSSR count). The molecule has 1 radical (unpaired) electrons. The van der Waals surface area contributed by atoms with Gasteiger partial charge in [-0.25, -0.2) is 9.50 Å². The van der Waals surface area contributed by atoms with Crippen LogP contribution >= 0.6 is 0 Å². The van der Waals surface area contributed by atoms with Gasteiger partial charge in [0.2, 0.25) is 0 Å². The number of aromatic nitrogens is 3. The van der Waals surface area contributed by atoms with Crippen molar-refractivity contribution in [2.45, 2.75) is 20.0 Å². The van der Waals surface area contributed by atoms with E-state index in [2.05, 4.69) is 16.1 Å². The Hall–Kier alpha value is -2.36. The van der Waals surface area contributed by atoms with Gasteiger partial charge in [0.1, 0.15) is 5.75 Å². The van der Waals surface area contributed by atoms with E-state index < -0.39 is 0 Å². The van der Waals surface area contributed by atoms with E-state index in [1.54, 1.807) is 10.7 Å². The van der Waals surface area contributed by atoms with Gasteiger partial charge < -0.3 is 4.74 Å². The zero-order valence-corrected chi connectivity index (χ0v) is 10.9. The molecule has 0 saturated carbocycles. The van der Waals surface area contributed by atoms with Crippen LogP contribution in [0.1, 0.15) is 13.8 Å². The van der Waals surface area contributed by atoms with Gasteiger partial charge in [-0.3, -0.25) is 0 Å². The number of nitrogens with zero attached hydrogens (tertiary/aromatic N) is 3. The van der Waals surface area contributed by atoms with Crippen LogP contribution in [0.5, 0.6) is 5.75 Å². The first-order valence-corrected chi connectivity index (χ1v) is 6.20. The number of rotatable bonds is 3. The molecule has 0 aliphatic carbocycles. The molecular formula is C15H14N3O. The molecule has 0 aliphatic heterocycles. The molecule has 2 heterocycles. The van der Waals surface area contributed by atoms with Crippen LogP contribution in [0.2, 0.25) is 0 Å². The summed E-state index contributed by atoms with van der Waals surface area (Å²) in [4.78, 5) is 4.30. The summed E-state index contributed by atoms with van der Waals surface area (Å²) in [5, 5.41) is 4.14. The summed E-state index contributed by atoms with van der Waals surface area (Å²) in [6, 6.07) is 10.9. The third-order valence-corrected chi connectivity index (χ3v) is 2.74. The molecule has 0 aliphatic rings. The fourth-order valence-corrected chi connectivity index (χ4v) is 1.90. The van der Waals surface area contributed by atoms with E-state index in [4.69, 9.17) is 4.74 Å². The van der Waals surface area contributed by atoms with Crippen molar-refractivity contribution in [3.05, 3.63) is 48.9 Å². The minimum absolute atomic E-state index is 0.184. The van der Waals surface area contributed by atoms with Crippen molar-refractivity contribution in [2.24, 2.45) is 0 Å². The predicted molar refractivity (Wildman–Crippen MR) is 73.0 cm³/mol. The monoisotopic (exact) mass is 252 g/mol. The minimum Gasteiger partial charge on any atom is -0.491 e. The molecule has 0 spiro atoms. The summed E-state index contributed by atoms with van der Waals surface area (Å²) >= 11 is 0. The molecule has 0 amide bonds. The van der Waals surface area contributed by atoms with Gasteiger partial charge in [-0.05, 0) is 31.5 Å². The maximum absolute atomic E-state index is 5.62. The number of fused-ring (bicyclic) bond motifs is 1. The summed E-state index contributed by atoms with van der Waals surface area (Å²) in [6.45, 7) is 4.03. The number of ether oxygens (including phenoxy) is 1. The summed E-state index contributed by atoms with van der Waals surface area (Å²) < 4.78 is 7.34. The molecule has 0 N–H and O–H groups in total. The van der Waals surface area contributed by atoms with Crippen molar-refractivity contribution in [1.29, 1.82) is 0 Å². The Morgan fingerprint density at radius 2 is 1.95 bits per heavy atom. The molecule has 0 atom stereocenters. The van der Waals surface area contributed by atoms with E-state index in [9.17, 15) is 0 Å². The van der Waals surface area contributed by atoms with Crippen LogP contribution < -0.4 is 4.74 Å². The molecule has 1 aromatic carbocycles. The van der Waals surface area contributed by atoms with Crippen LogP contribution in [0.3, 0.4) is 0 Å². The van der Waals surface area contributed by atoms with E-state index >= 15 is 0 Å². The van der Waals surface area contributed by atoms with Gasteiger partial charge in [0.25, 0.3) is 0 Å². The zero-order chi connectivity index (χ0) is 13.2.